The molecule has 290 valence electrons. The monoisotopic (exact) mass is 770 g/mol. The number of carboxylic acid groups (broad SMARTS) is 6. The van der Waals surface area contributed by atoms with E-state index < -0.39 is 109 Å². The van der Waals surface area contributed by atoms with E-state index in [-0.39, 0.29) is 60.8 Å². The van der Waals surface area contributed by atoms with E-state index >= 15 is 0 Å². The third kappa shape index (κ3) is 22.7. The average Bonchev–Trinajstić information content (AvgIpc) is 3.07. The molecule has 0 rings (SSSR count). The van der Waals surface area contributed by atoms with E-state index in [4.69, 9.17) is 59.1 Å². The van der Waals surface area contributed by atoms with Crippen LogP contribution < -0.4 is 0 Å². The summed E-state index contributed by atoms with van der Waals surface area (Å²) in [4.78, 5) is 141. The fourth-order valence-electron chi connectivity index (χ4n) is 3.09. The van der Waals surface area contributed by atoms with Crippen molar-refractivity contribution in [2.24, 2.45) is 0 Å². The average molecular weight is 771 g/mol. The Bertz CT molecular complexity index is 1550. The molecule has 0 aliphatic rings. The first kappa shape index (κ1) is 46.1. The number of carbonyl (C=O) groups excluding carboxylic acids is 6. The molecule has 0 fully saturated rings. The molecule has 0 aliphatic heterocycles. The van der Waals surface area contributed by atoms with Gasteiger partial charge >= 0.3 is 71.6 Å². The van der Waals surface area contributed by atoms with Crippen molar-refractivity contribution in [3.05, 3.63) is 72.9 Å². The number of ether oxygens (including phenoxy) is 6. The Morgan fingerprint density at radius 3 is 0.741 bits per heavy atom. The molecule has 0 spiro atoms. The highest BCUT2D eigenvalue weighted by molar-refractivity contribution is 5.94. The fourth-order valence-corrected chi connectivity index (χ4v) is 3.09. The summed E-state index contributed by atoms with van der Waals surface area (Å²) in [6, 6.07) is 0. The molecule has 0 aliphatic carbocycles. The van der Waals surface area contributed by atoms with Gasteiger partial charge in [-0.1, -0.05) is 0 Å². The first-order valence-corrected chi connectivity index (χ1v) is 13.8. The van der Waals surface area contributed by atoms with Crippen LogP contribution in [0.15, 0.2) is 72.9 Å². The van der Waals surface area contributed by atoms with E-state index in [0.29, 0.717) is 12.2 Å². The van der Waals surface area contributed by atoms with Crippen LogP contribution in [0.4, 0.5) is 0 Å². The Morgan fingerprint density at radius 2 is 0.519 bits per heavy atom. The maximum atomic E-state index is 12.8. The van der Waals surface area contributed by atoms with Crippen LogP contribution in [0.1, 0.15) is 0 Å². The van der Waals surface area contributed by atoms with E-state index in [2.05, 4.69) is 0 Å². The van der Waals surface area contributed by atoms with Crippen LogP contribution in [0.3, 0.4) is 0 Å². The molecule has 0 aromatic carbocycles. The highest BCUT2D eigenvalue weighted by atomic mass is 16.6. The van der Waals surface area contributed by atoms with Gasteiger partial charge in [0.1, 0.15) is 13.2 Å². The lowest BCUT2D eigenvalue weighted by molar-refractivity contribution is -0.202. The smallest absolute Gasteiger partial charge is 0.331 e. The van der Waals surface area contributed by atoms with Crippen LogP contribution in [-0.4, -0.2) is 140 Å². The van der Waals surface area contributed by atoms with Crippen LogP contribution in [0.2, 0.25) is 0 Å². The highest BCUT2D eigenvalue weighted by Crippen LogP contribution is 2.22. The first-order valence-electron chi connectivity index (χ1n) is 13.8. The van der Waals surface area contributed by atoms with Crippen LogP contribution in [0.5, 0.6) is 0 Å². The standard InChI is InChI=1S/C30H26O24/c31-17(32)1-7-23(43)49-13-15(51-25(45)9-3-19(35)36)29(53-27(47)11-5-21(39)40)30(54-28(48)12-6-22(41)42)16(52-26(46)10-4-20(37)38)14-50-24(44)8-2-18(33)34/h1-12,15-16,29-30H,13-14H2,(H,31,32)(H,33,34)(H,35,36)(H,37,38)(H,39,40)(H,41,42)/t15-,16+,29-,30-/m1/s1. The van der Waals surface area contributed by atoms with E-state index in [9.17, 15) is 57.5 Å². The molecule has 0 unspecified atom stereocenters. The number of esters is 6. The molecule has 6 N–H and O–H groups in total. The van der Waals surface area contributed by atoms with Gasteiger partial charge < -0.3 is 59.1 Å². The van der Waals surface area contributed by atoms with Gasteiger partial charge in [0.15, 0.2) is 24.4 Å². The van der Waals surface area contributed by atoms with Crippen molar-refractivity contribution in [2.75, 3.05) is 13.2 Å². The Balaban J connectivity index is 7.75. The van der Waals surface area contributed by atoms with Gasteiger partial charge in [-0.2, -0.15) is 0 Å². The molecule has 24 heteroatoms. The molecule has 54 heavy (non-hydrogen) atoms. The summed E-state index contributed by atoms with van der Waals surface area (Å²) in [7, 11) is 0. The lowest BCUT2D eigenvalue weighted by Crippen LogP contribution is -2.54. The second-order valence-corrected chi connectivity index (χ2v) is 9.04. The minimum Gasteiger partial charge on any atom is -0.478 e. The Morgan fingerprint density at radius 1 is 0.315 bits per heavy atom. The molecule has 0 heterocycles. The van der Waals surface area contributed by atoms with Crippen molar-refractivity contribution in [1.29, 1.82) is 0 Å². The molecular formula is C30H26O24. The van der Waals surface area contributed by atoms with Crippen molar-refractivity contribution in [3.63, 3.8) is 0 Å². The Hall–Kier alpha value is -7.92. The molecule has 0 saturated heterocycles. The van der Waals surface area contributed by atoms with Gasteiger partial charge in [-0.05, 0) is 0 Å². The van der Waals surface area contributed by atoms with Gasteiger partial charge in [-0.3, -0.25) is 0 Å². The van der Waals surface area contributed by atoms with Gasteiger partial charge in [0, 0.05) is 72.9 Å². The Kier molecular flexibility index (Phi) is 20.7. The van der Waals surface area contributed by atoms with Gasteiger partial charge in [-0.15, -0.1) is 0 Å². The molecular weight excluding hydrogens is 744 g/mol. The molecule has 24 nitrogen and oxygen atoms in total. The van der Waals surface area contributed by atoms with Crippen LogP contribution >= 0.6 is 0 Å². The molecule has 0 aromatic heterocycles. The van der Waals surface area contributed by atoms with Crippen molar-refractivity contribution in [3.8, 4) is 0 Å². The summed E-state index contributed by atoms with van der Waals surface area (Å²) in [6.45, 7) is -2.76. The van der Waals surface area contributed by atoms with Crippen molar-refractivity contribution >= 4 is 71.6 Å². The van der Waals surface area contributed by atoms with E-state index in [1.54, 1.807) is 0 Å². The normalized spacial score (nSPS) is 13.6. The minimum atomic E-state index is -2.61. The van der Waals surface area contributed by atoms with Gasteiger partial charge in [0.05, 0.1) is 0 Å². The van der Waals surface area contributed by atoms with Gasteiger partial charge in [0.2, 0.25) is 0 Å². The number of carbonyl (C=O) groups is 12. The second-order valence-electron chi connectivity index (χ2n) is 9.04. The maximum Gasteiger partial charge on any atom is 0.331 e. The molecule has 4 atom stereocenters. The molecule has 0 amide bonds. The molecule has 0 aromatic rings. The molecule has 0 saturated carbocycles. The molecule has 0 radical (unpaired) electrons. The van der Waals surface area contributed by atoms with Gasteiger partial charge in [0.25, 0.3) is 0 Å². The number of hydrogen-bond acceptors (Lipinski definition) is 18. The summed E-state index contributed by atoms with van der Waals surface area (Å²) in [5.41, 5.74) is 0. The SMILES string of the molecule is O=C(O)C=CC(=O)OC[C@H](OC(=O)C=CC(=O)O)[C@@H](OC(=O)C=CC(=O)O)[C@H](OC(=O)C=CC(=O)O)[C@@H](COC(=O)C=CC(=O)O)OC(=O)C=CC(=O)O. The number of aliphatic carboxylic acids is 6. The largest absolute Gasteiger partial charge is 0.478 e. The summed E-state index contributed by atoms with van der Waals surface area (Å²) in [5, 5.41) is 53.1. The summed E-state index contributed by atoms with van der Waals surface area (Å²) >= 11 is 0. The number of carboxylic acids is 6. The first-order chi connectivity index (χ1) is 25.2. The van der Waals surface area contributed by atoms with Crippen molar-refractivity contribution in [2.45, 2.75) is 24.4 Å². The maximum absolute atomic E-state index is 12.8. The number of rotatable bonds is 23. The number of hydrogen-bond donors (Lipinski definition) is 6. The zero-order valence-corrected chi connectivity index (χ0v) is 26.7. The fraction of sp³-hybridized carbons (Fsp3) is 0.200. The molecule has 0 bridgehead atoms. The summed E-state index contributed by atoms with van der Waals surface area (Å²) in [6.07, 6.45) is -7.31. The van der Waals surface area contributed by atoms with Gasteiger partial charge in [-0.25, -0.2) is 57.5 Å². The third-order valence-electron chi connectivity index (χ3n) is 5.05. The lowest BCUT2D eigenvalue weighted by Gasteiger charge is -2.35. The summed E-state index contributed by atoms with van der Waals surface area (Å²) in [5.74, 6) is -20.1. The lowest BCUT2D eigenvalue weighted by atomic mass is 10.0. The predicted octanol–water partition coefficient (Wildman–Crippen LogP) is -2.44. The predicted molar refractivity (Wildman–Crippen MR) is 162 cm³/mol. The van der Waals surface area contributed by atoms with E-state index in [0.717, 1.165) is 0 Å². The van der Waals surface area contributed by atoms with Crippen molar-refractivity contribution in [1.82, 2.24) is 0 Å². The van der Waals surface area contributed by atoms with Crippen LogP contribution in [0, 0.1) is 0 Å². The summed E-state index contributed by atoms with van der Waals surface area (Å²) < 4.78 is 29.8. The zero-order chi connectivity index (χ0) is 41.4. The topological polar surface area (TPSA) is 382 Å². The highest BCUT2D eigenvalue weighted by Gasteiger charge is 2.45. The Labute approximate surface area is 299 Å². The van der Waals surface area contributed by atoms with E-state index in [1.165, 1.54) is 0 Å². The quantitative estimate of drug-likeness (QED) is 0.0357. The van der Waals surface area contributed by atoms with Crippen LogP contribution in [0.25, 0.3) is 0 Å². The van der Waals surface area contributed by atoms with E-state index in [1.807, 2.05) is 0 Å². The van der Waals surface area contributed by atoms with Crippen molar-refractivity contribution < 1.29 is 117 Å². The second kappa shape index (κ2) is 24.3. The zero-order valence-electron chi connectivity index (χ0n) is 26.7. The minimum absolute atomic E-state index is 0.175. The third-order valence-corrected chi connectivity index (χ3v) is 5.05. The van der Waals surface area contributed by atoms with Crippen LogP contribution in [-0.2, 0) is 86.0 Å².